The SMILES string of the molecule is [2H]c1c([2H])c([2H])c(-c2c([2H])c([2H])c(-c3c([2H])c([2H])c(-c4c(-c5c([2H])c([2H])c(N(c6c([2H])c([2H])c(-c7c([2H])c([2H])c([2H])c([2H])c7[2H])c([2H])c6[2H])c6c([2H])c([2H])c7c(c6[2H])C(C([2H])([2H])[2H])(C([2H])([2H])[2H])c6c([2H])c([2H])c([2H])c([2H])c6-7)c([2H])c5[2H])c([2H])c([2H])c5c([2H])c([2H])c([2H])c([2H])c45)c([2H])c3[2H])c([2H])c2[2H])c([2H])c1[2H]. The standard InChI is InChI=1S/C61H45N/c1-61(2)58-20-12-11-19-56(58)57-40-38-53(41-59(57)61)62(51-34-29-47(30-35-51)43-15-7-4-8-16-43)52-36-31-49(32-37-52)55-39-33-48-17-9-10-18-54(48)60(55)50-27-25-46(26-28-50)45-23-21-44(22-24-45)42-13-5-3-6-14-42/h3-41H,1-2H3/i1D3,2D3,3D,4D,5D,6D,7D,8D,9D,10D,11D,12D,13D,14D,15D,16D,17D,18D,19D,20D,21D,22D,23D,24D,25D,26D,27D,28D,29D,30D,31D,32D,33D,34D,35D,36D,37D,38D,39D,40D,41D. The molecule has 1 nitrogen and oxygen atoms in total. The van der Waals surface area contributed by atoms with E-state index < -0.39 is 360 Å². The Balaban J connectivity index is 1.32. The lowest BCUT2D eigenvalue weighted by Gasteiger charge is -2.28. The molecule has 0 saturated carbocycles. The van der Waals surface area contributed by atoms with E-state index in [0.29, 0.717) is 0 Å². The fraction of sp³-hybridized carbons (Fsp3) is 0.0492. The van der Waals surface area contributed by atoms with Crippen molar-refractivity contribution in [3.63, 3.8) is 0 Å². The van der Waals surface area contributed by atoms with Crippen molar-refractivity contribution in [2.75, 3.05) is 4.90 Å². The van der Waals surface area contributed by atoms with Gasteiger partial charge in [0.1, 0.15) is 0 Å². The first-order chi connectivity index (χ1) is 49.3. The third-order valence-corrected chi connectivity index (χ3v) is 9.38. The average molecular weight is 837 g/mol. The molecule has 0 amide bonds. The molecule has 0 fully saturated rings. The molecule has 0 radical (unpaired) electrons. The van der Waals surface area contributed by atoms with Gasteiger partial charge in [-0.15, -0.1) is 0 Å². The minimum atomic E-state index is -4.15. The summed E-state index contributed by atoms with van der Waals surface area (Å²) in [5, 5.41) is -1.95. The summed E-state index contributed by atoms with van der Waals surface area (Å²) in [5.41, 5.74) is -24.1. The Morgan fingerprint density at radius 3 is 1.37 bits per heavy atom. The van der Waals surface area contributed by atoms with Crippen LogP contribution < -0.4 is 4.90 Å². The molecule has 0 atom stereocenters. The van der Waals surface area contributed by atoms with Gasteiger partial charge in [0.2, 0.25) is 0 Å². The zero-order valence-corrected chi connectivity index (χ0v) is 30.9. The molecular formula is C61H45N. The summed E-state index contributed by atoms with van der Waals surface area (Å²) in [7, 11) is 0. The van der Waals surface area contributed by atoms with Crippen LogP contribution in [0.4, 0.5) is 17.1 Å². The maximum Gasteiger partial charge on any atom is 0.0648 e. The van der Waals surface area contributed by atoms with Crippen LogP contribution in [0.5, 0.6) is 0 Å². The Morgan fingerprint density at radius 1 is 0.339 bits per heavy atom. The largest absolute Gasteiger partial charge is 0.310 e. The van der Waals surface area contributed by atoms with E-state index in [1.165, 1.54) is 0 Å². The Morgan fingerprint density at radius 2 is 0.774 bits per heavy atom. The van der Waals surface area contributed by atoms with Gasteiger partial charge in [-0.05, 0) is 125 Å². The Bertz CT molecular complexity index is 5600. The van der Waals surface area contributed by atoms with Gasteiger partial charge >= 0.3 is 0 Å². The molecule has 0 heterocycles. The molecule has 294 valence electrons. The van der Waals surface area contributed by atoms with E-state index in [4.69, 9.17) is 37.0 Å². The first-order valence-corrected chi connectivity index (χ1v) is 17.9. The molecule has 62 heavy (non-hydrogen) atoms. The van der Waals surface area contributed by atoms with Crippen molar-refractivity contribution >= 4 is 27.8 Å². The summed E-state index contributed by atoms with van der Waals surface area (Å²) < 4.78 is 411. The van der Waals surface area contributed by atoms with Crippen LogP contribution in [0.1, 0.15) is 86.5 Å². The van der Waals surface area contributed by atoms with Crippen molar-refractivity contribution in [3.8, 4) is 66.8 Å². The van der Waals surface area contributed by atoms with Gasteiger partial charge in [0.05, 0.1) is 53.5 Å². The maximum atomic E-state index is 10.2. The van der Waals surface area contributed by atoms with E-state index in [-0.39, 0.29) is 4.90 Å². The van der Waals surface area contributed by atoms with Gasteiger partial charge in [-0.2, -0.15) is 0 Å². The topological polar surface area (TPSA) is 3.24 Å². The minimum Gasteiger partial charge on any atom is -0.310 e. The van der Waals surface area contributed by atoms with Crippen molar-refractivity contribution in [1.29, 1.82) is 0 Å². The number of benzene rings is 10. The first kappa shape index (κ1) is 12.9. The van der Waals surface area contributed by atoms with Gasteiger partial charge in [-0.1, -0.05) is 213 Å². The van der Waals surface area contributed by atoms with Gasteiger partial charge < -0.3 is 4.90 Å². The van der Waals surface area contributed by atoms with Crippen molar-refractivity contribution in [2.24, 2.45) is 0 Å². The molecule has 10 aromatic carbocycles. The van der Waals surface area contributed by atoms with E-state index in [1.54, 1.807) is 0 Å². The fourth-order valence-corrected chi connectivity index (χ4v) is 6.52. The summed E-state index contributed by atoms with van der Waals surface area (Å²) in [4.78, 5) is 0.0285. The molecule has 0 aliphatic heterocycles. The molecule has 11 rings (SSSR count). The van der Waals surface area contributed by atoms with E-state index in [2.05, 4.69) is 0 Å². The summed E-state index contributed by atoms with van der Waals surface area (Å²) in [5.74, 6) is 0. The molecule has 0 N–H and O–H groups in total. The number of rotatable bonds is 8. The quantitative estimate of drug-likeness (QED) is 0.147. The molecule has 1 aliphatic rings. The summed E-state index contributed by atoms with van der Waals surface area (Å²) in [6.07, 6.45) is 0. The van der Waals surface area contributed by atoms with Gasteiger partial charge in [0, 0.05) is 30.7 Å². The summed E-state index contributed by atoms with van der Waals surface area (Å²) in [6, 6.07) is -49.3. The Kier molecular flexibility index (Phi) is 3.20. The second-order valence-electron chi connectivity index (χ2n) is 13.0. The van der Waals surface area contributed by atoms with Crippen molar-refractivity contribution in [1.82, 2.24) is 0 Å². The summed E-state index contributed by atoms with van der Waals surface area (Å²) >= 11 is 0. The smallest absolute Gasteiger partial charge is 0.0648 e. The van der Waals surface area contributed by atoms with Crippen LogP contribution in [-0.2, 0) is 5.41 Å². The zero-order valence-electron chi connectivity index (χ0n) is 75.9. The van der Waals surface area contributed by atoms with Crippen molar-refractivity contribution in [2.45, 2.75) is 19.1 Å². The molecule has 0 spiro atoms. The third-order valence-electron chi connectivity index (χ3n) is 9.38. The predicted molar refractivity (Wildman–Crippen MR) is 263 cm³/mol. The second-order valence-corrected chi connectivity index (χ2v) is 13.0. The van der Waals surface area contributed by atoms with E-state index >= 15 is 0 Å². The van der Waals surface area contributed by atoms with E-state index in [1.807, 2.05) is 0 Å². The molecule has 0 aromatic heterocycles. The van der Waals surface area contributed by atoms with E-state index in [0.717, 1.165) is 0 Å². The fourth-order valence-electron chi connectivity index (χ4n) is 6.52. The normalized spacial score (nSPS) is 23.1. The number of hydrogen-bond acceptors (Lipinski definition) is 1. The Hall–Kier alpha value is -7.74. The van der Waals surface area contributed by atoms with Crippen LogP contribution in [0.25, 0.3) is 77.5 Å². The zero-order chi connectivity index (χ0) is 80.6. The number of fused-ring (bicyclic) bond motifs is 4. The molecule has 0 unspecified atom stereocenters. The molecular weight excluding hydrogens is 747 g/mol. The summed E-state index contributed by atoms with van der Waals surface area (Å²) in [6.45, 7) is -8.29. The number of anilines is 3. The van der Waals surface area contributed by atoms with Gasteiger partial charge in [0.25, 0.3) is 0 Å². The number of nitrogens with zero attached hydrogens (tertiary/aromatic N) is 1. The molecule has 0 bridgehead atoms. The van der Waals surface area contributed by atoms with Crippen LogP contribution in [0.15, 0.2) is 236 Å². The van der Waals surface area contributed by atoms with Crippen LogP contribution >= 0.6 is 0 Å². The van der Waals surface area contributed by atoms with Gasteiger partial charge in [-0.3, -0.25) is 0 Å². The highest BCUT2D eigenvalue weighted by Crippen LogP contribution is 2.51. The monoisotopic (exact) mass is 837 g/mol. The van der Waals surface area contributed by atoms with Crippen LogP contribution in [0.2, 0.25) is 0 Å². The van der Waals surface area contributed by atoms with Crippen LogP contribution in [-0.4, -0.2) is 0 Å². The lowest BCUT2D eigenvalue weighted by Crippen LogP contribution is -2.16. The predicted octanol–water partition coefficient (Wildman–Crippen LogP) is 17.0. The first-order valence-electron chi connectivity index (χ1n) is 40.4. The number of hydrogen-bond donors (Lipinski definition) is 0. The third kappa shape index (κ3) is 6.60. The average Bonchev–Trinajstić information content (AvgIpc) is 1.51. The van der Waals surface area contributed by atoms with Crippen LogP contribution in [0.3, 0.4) is 0 Å². The van der Waals surface area contributed by atoms with E-state index in [9.17, 15) is 24.7 Å². The van der Waals surface area contributed by atoms with Gasteiger partial charge in [0.15, 0.2) is 0 Å². The van der Waals surface area contributed by atoms with Gasteiger partial charge in [-0.25, -0.2) is 0 Å². The Labute approximate surface area is 428 Å². The van der Waals surface area contributed by atoms with Crippen molar-refractivity contribution < 1.29 is 61.7 Å². The van der Waals surface area contributed by atoms with Crippen LogP contribution in [0, 0.1) is 0 Å². The van der Waals surface area contributed by atoms with Crippen molar-refractivity contribution in [3.05, 3.63) is 247 Å². The second kappa shape index (κ2) is 15.4. The highest BCUT2D eigenvalue weighted by atomic mass is 15.1. The highest BCUT2D eigenvalue weighted by molar-refractivity contribution is 6.04. The minimum absolute atomic E-state index is 0.0285. The lowest BCUT2D eigenvalue weighted by atomic mass is 9.82. The molecule has 1 heteroatoms. The molecule has 10 aromatic rings. The maximum absolute atomic E-state index is 10.2. The molecule has 0 saturated heterocycles. The lowest BCUT2D eigenvalue weighted by molar-refractivity contribution is 0.660. The highest BCUT2D eigenvalue weighted by Gasteiger charge is 2.35. The molecule has 1 aliphatic carbocycles.